The molecule has 0 spiro atoms. The van der Waals surface area contributed by atoms with Crippen molar-refractivity contribution in [2.45, 2.75) is 26.3 Å². The normalized spacial score (nSPS) is 14.9. The fourth-order valence-electron chi connectivity index (χ4n) is 3.83. The van der Waals surface area contributed by atoms with Crippen LogP contribution in [0.15, 0.2) is 42.5 Å². The first-order valence-electron chi connectivity index (χ1n) is 10.9. The zero-order chi connectivity index (χ0) is 24.7. The van der Waals surface area contributed by atoms with Crippen molar-refractivity contribution >= 4 is 46.8 Å². The third kappa shape index (κ3) is 6.40. The van der Waals surface area contributed by atoms with Crippen LogP contribution < -0.4 is 16.4 Å². The number of hydrogen-bond acceptors (Lipinski definition) is 5. The van der Waals surface area contributed by atoms with Crippen LogP contribution in [-0.2, 0) is 20.9 Å². The highest BCUT2D eigenvalue weighted by Gasteiger charge is 2.43. The summed E-state index contributed by atoms with van der Waals surface area (Å²) < 4.78 is 5.47. The number of ether oxygens (including phenoxy) is 1. The molecule has 1 heterocycles. The number of carbonyl (C=O) groups excluding carboxylic acids is 3. The van der Waals surface area contributed by atoms with Gasteiger partial charge < -0.3 is 20.7 Å². The number of benzene rings is 2. The number of piperidine rings is 1. The molecule has 0 atom stereocenters. The van der Waals surface area contributed by atoms with E-state index >= 15 is 0 Å². The second-order valence-electron chi connectivity index (χ2n) is 8.32. The average Bonchev–Trinajstić information content (AvgIpc) is 2.83. The largest absolute Gasteiger partial charge is 0.448 e. The minimum absolute atomic E-state index is 0.0953. The summed E-state index contributed by atoms with van der Waals surface area (Å²) in [6.07, 6.45) is -0.0679. The molecule has 0 saturated carbocycles. The molecule has 182 valence electrons. The Morgan fingerprint density at radius 3 is 2.44 bits per heavy atom. The molecule has 2 aromatic carbocycles. The Labute approximate surface area is 208 Å². The summed E-state index contributed by atoms with van der Waals surface area (Å²) in [4.78, 5) is 39.4. The summed E-state index contributed by atoms with van der Waals surface area (Å²) in [7, 11) is 0. The van der Waals surface area contributed by atoms with E-state index in [0.717, 1.165) is 11.1 Å². The Morgan fingerprint density at radius 1 is 1.09 bits per heavy atom. The van der Waals surface area contributed by atoms with Crippen molar-refractivity contribution in [1.82, 2.24) is 10.2 Å². The summed E-state index contributed by atoms with van der Waals surface area (Å²) in [6, 6.07) is 12.4. The van der Waals surface area contributed by atoms with Crippen molar-refractivity contribution in [2.24, 2.45) is 11.1 Å². The molecule has 1 saturated heterocycles. The monoisotopic (exact) mass is 506 g/mol. The molecule has 3 amide bonds. The lowest BCUT2D eigenvalue weighted by Gasteiger charge is -2.40. The van der Waals surface area contributed by atoms with Crippen LogP contribution in [0.3, 0.4) is 0 Å². The Kier molecular flexibility index (Phi) is 8.77. The summed E-state index contributed by atoms with van der Waals surface area (Å²) in [5.74, 6) is -0.453. The van der Waals surface area contributed by atoms with Gasteiger partial charge in [-0.15, -0.1) is 0 Å². The van der Waals surface area contributed by atoms with Gasteiger partial charge in [-0.25, -0.2) is 4.79 Å². The van der Waals surface area contributed by atoms with E-state index in [1.165, 1.54) is 0 Å². The Balaban J connectivity index is 1.68. The van der Waals surface area contributed by atoms with Gasteiger partial charge >= 0.3 is 6.09 Å². The van der Waals surface area contributed by atoms with Gasteiger partial charge in [-0.05, 0) is 49.1 Å². The first-order chi connectivity index (χ1) is 16.2. The maximum absolute atomic E-state index is 13.3. The number of rotatable bonds is 7. The first kappa shape index (κ1) is 25.8. The topological polar surface area (TPSA) is 114 Å². The van der Waals surface area contributed by atoms with Crippen LogP contribution >= 0.6 is 23.2 Å². The number of nitrogens with two attached hydrogens (primary N) is 1. The molecule has 0 aromatic heterocycles. The summed E-state index contributed by atoms with van der Waals surface area (Å²) in [5, 5.41) is 6.46. The Morgan fingerprint density at radius 2 is 1.79 bits per heavy atom. The molecule has 0 radical (unpaired) electrons. The number of aryl methyl sites for hydroxylation is 1. The van der Waals surface area contributed by atoms with Crippen LogP contribution in [0.25, 0.3) is 0 Å². The van der Waals surface area contributed by atoms with E-state index in [4.69, 9.17) is 33.7 Å². The Bertz CT molecular complexity index is 1060. The quantitative estimate of drug-likeness (QED) is 0.529. The summed E-state index contributed by atoms with van der Waals surface area (Å²) in [5.41, 5.74) is 6.62. The van der Waals surface area contributed by atoms with Crippen molar-refractivity contribution in [3.63, 3.8) is 0 Å². The number of likely N-dealkylation sites (tertiary alicyclic amines) is 1. The highest BCUT2D eigenvalue weighted by atomic mass is 35.5. The first-order valence-corrected chi connectivity index (χ1v) is 11.7. The molecule has 0 bridgehead atoms. The number of halogens is 2. The molecule has 1 fully saturated rings. The molecule has 1 aliphatic heterocycles. The van der Waals surface area contributed by atoms with E-state index in [2.05, 4.69) is 10.6 Å². The van der Waals surface area contributed by atoms with E-state index in [1.54, 1.807) is 23.1 Å². The summed E-state index contributed by atoms with van der Waals surface area (Å²) in [6.45, 7) is 2.55. The number of anilines is 1. The third-order valence-electron chi connectivity index (χ3n) is 5.97. The van der Waals surface area contributed by atoms with Crippen molar-refractivity contribution in [3.05, 3.63) is 63.6 Å². The minimum atomic E-state index is -0.999. The van der Waals surface area contributed by atoms with Gasteiger partial charge in [0.1, 0.15) is 6.61 Å². The zero-order valence-corrected chi connectivity index (χ0v) is 20.4. The fourth-order valence-corrected chi connectivity index (χ4v) is 4.31. The van der Waals surface area contributed by atoms with Crippen molar-refractivity contribution in [3.8, 4) is 0 Å². The Hall–Kier alpha value is -2.81. The number of hydrogen-bond donors (Lipinski definition) is 3. The van der Waals surface area contributed by atoms with Crippen LogP contribution in [0, 0.1) is 12.3 Å². The molecule has 4 N–H and O–H groups in total. The maximum atomic E-state index is 13.3. The van der Waals surface area contributed by atoms with Crippen LogP contribution in [0.4, 0.5) is 10.5 Å². The van der Waals surface area contributed by atoms with E-state index in [1.807, 2.05) is 31.2 Å². The van der Waals surface area contributed by atoms with Gasteiger partial charge in [-0.1, -0.05) is 47.5 Å². The fraction of sp³-hybridized carbons (Fsp3) is 0.375. The van der Waals surface area contributed by atoms with Crippen molar-refractivity contribution < 1.29 is 19.1 Å². The third-order valence-corrected chi connectivity index (χ3v) is 6.65. The van der Waals surface area contributed by atoms with Crippen LogP contribution in [0.2, 0.25) is 10.0 Å². The summed E-state index contributed by atoms with van der Waals surface area (Å²) >= 11 is 12.4. The molecule has 8 nitrogen and oxygen atoms in total. The average molecular weight is 507 g/mol. The lowest BCUT2D eigenvalue weighted by molar-refractivity contribution is -0.142. The zero-order valence-electron chi connectivity index (χ0n) is 18.9. The van der Waals surface area contributed by atoms with E-state index in [9.17, 15) is 14.4 Å². The second-order valence-corrected chi connectivity index (χ2v) is 9.14. The smallest absolute Gasteiger partial charge is 0.411 e. The van der Waals surface area contributed by atoms with E-state index < -0.39 is 11.5 Å². The van der Waals surface area contributed by atoms with Crippen LogP contribution in [0.5, 0.6) is 0 Å². The van der Waals surface area contributed by atoms with Gasteiger partial charge in [0.25, 0.3) is 0 Å². The van der Waals surface area contributed by atoms with Gasteiger partial charge in [0, 0.05) is 24.7 Å². The molecule has 3 rings (SSSR count). The highest BCUT2D eigenvalue weighted by molar-refractivity contribution is 6.33. The van der Waals surface area contributed by atoms with Crippen molar-refractivity contribution in [1.29, 1.82) is 0 Å². The van der Waals surface area contributed by atoms with Crippen molar-refractivity contribution in [2.75, 3.05) is 31.6 Å². The second kappa shape index (κ2) is 11.6. The lowest BCUT2D eigenvalue weighted by atomic mass is 9.78. The predicted molar refractivity (Wildman–Crippen MR) is 132 cm³/mol. The molecule has 0 aliphatic carbocycles. The lowest BCUT2D eigenvalue weighted by Crippen LogP contribution is -2.53. The number of amides is 3. The van der Waals surface area contributed by atoms with E-state index in [-0.39, 0.29) is 31.5 Å². The molecule has 0 unspecified atom stereocenters. The number of carbonyl (C=O) groups is 3. The van der Waals surface area contributed by atoms with Gasteiger partial charge in [-0.3, -0.25) is 14.9 Å². The molecule has 1 aliphatic rings. The number of nitrogens with zero attached hydrogens (tertiary/aromatic N) is 1. The predicted octanol–water partition coefficient (Wildman–Crippen LogP) is 3.73. The standard InChI is InChI=1S/C24H28Cl2N4O4/c1-16-6-7-20(19(26)12-16)29-23(33)34-15-24(8-10-30(11-9-24)21(31)13-27)22(32)28-14-17-4-2-3-5-18(17)25/h2-7,12H,8-11,13-15,27H2,1H3,(H,28,32)(H,29,33). The minimum Gasteiger partial charge on any atom is -0.448 e. The molecule has 10 heteroatoms. The molecule has 34 heavy (non-hydrogen) atoms. The van der Waals surface area contributed by atoms with Gasteiger partial charge in [0.05, 0.1) is 22.7 Å². The van der Waals surface area contributed by atoms with Gasteiger partial charge in [-0.2, -0.15) is 0 Å². The maximum Gasteiger partial charge on any atom is 0.411 e. The molecule has 2 aromatic rings. The number of nitrogens with one attached hydrogen (secondary N) is 2. The van der Waals surface area contributed by atoms with Crippen LogP contribution in [-0.4, -0.2) is 49.0 Å². The molecular formula is C24H28Cl2N4O4. The van der Waals surface area contributed by atoms with Gasteiger partial charge in [0.15, 0.2) is 0 Å². The van der Waals surface area contributed by atoms with Crippen LogP contribution in [0.1, 0.15) is 24.0 Å². The highest BCUT2D eigenvalue weighted by Crippen LogP contribution is 2.33. The molecular weight excluding hydrogens is 479 g/mol. The van der Waals surface area contributed by atoms with Gasteiger partial charge in [0.2, 0.25) is 11.8 Å². The van der Waals surface area contributed by atoms with E-state index in [0.29, 0.717) is 41.7 Å². The SMILES string of the molecule is Cc1ccc(NC(=O)OCC2(C(=O)NCc3ccccc3Cl)CCN(C(=O)CN)CC2)c(Cl)c1.